The second-order valence-electron chi connectivity index (χ2n) is 11.6. The van der Waals surface area contributed by atoms with E-state index in [-0.39, 0.29) is 0 Å². The van der Waals surface area contributed by atoms with E-state index in [9.17, 15) is 48.6 Å². The molecule has 0 aliphatic carbocycles. The minimum Gasteiger partial charge on any atom is -0.481 e. The molecule has 4 heterocycles. The molecule has 7 N–H and O–H groups in total. The largest absolute Gasteiger partial charge is 0.481 e. The normalized spacial score (nSPS) is 28.9. The van der Waals surface area contributed by atoms with Gasteiger partial charge in [-0.3, -0.25) is 43.1 Å². The molecule has 0 aromatic carbocycles. The van der Waals surface area contributed by atoms with Crippen LogP contribution >= 0.6 is 0 Å². The average molecular weight is 696 g/mol. The van der Waals surface area contributed by atoms with Crippen molar-refractivity contribution in [3.63, 3.8) is 0 Å². The van der Waals surface area contributed by atoms with Crippen molar-refractivity contribution in [3.8, 4) is 0 Å². The van der Waals surface area contributed by atoms with Gasteiger partial charge in [0, 0.05) is 44.7 Å². The highest BCUT2D eigenvalue weighted by atomic mass is 16.7. The number of hydrogen-bond donors (Lipinski definition) is 6. The Morgan fingerprint density at radius 1 is 1.10 bits per heavy atom. The number of esters is 1. The van der Waals surface area contributed by atoms with Crippen LogP contribution in [0.2, 0.25) is 0 Å². The van der Waals surface area contributed by atoms with Crippen LogP contribution in [0, 0.1) is 11.8 Å². The van der Waals surface area contributed by atoms with Gasteiger partial charge in [-0.25, -0.2) is 4.79 Å². The molecule has 3 unspecified atom stereocenters. The van der Waals surface area contributed by atoms with E-state index in [1.165, 1.54) is 7.11 Å². The lowest BCUT2D eigenvalue weighted by Gasteiger charge is -2.38. The van der Waals surface area contributed by atoms with E-state index in [2.05, 4.69) is 10.6 Å². The lowest BCUT2D eigenvalue weighted by Crippen LogP contribution is -2.53. The van der Waals surface area contributed by atoms with E-state index < -0.39 is 120 Å². The van der Waals surface area contributed by atoms with Crippen LogP contribution in [0.15, 0.2) is 33.7 Å². The minimum absolute atomic E-state index is 0.297. The third kappa shape index (κ3) is 8.89. The van der Waals surface area contributed by atoms with Gasteiger partial charge in [-0.2, -0.15) is 0 Å². The lowest BCUT2D eigenvalue weighted by atomic mass is 9.83. The highest BCUT2D eigenvalue weighted by Gasteiger charge is 2.55. The van der Waals surface area contributed by atoms with Crippen molar-refractivity contribution in [2.24, 2.45) is 17.6 Å². The molecule has 0 radical (unpaired) electrons. The molecule has 1 aromatic rings. The molecular formula is C29H37N5O15. The number of hydrogen-bond acceptors (Lipinski definition) is 13. The molecule has 0 spiro atoms. The molecule has 2 fully saturated rings. The first kappa shape index (κ1) is 36.8. The lowest BCUT2D eigenvalue weighted by molar-refractivity contribution is -0.225. The Balaban J connectivity index is 1.72. The Labute approximate surface area is 276 Å². The average Bonchev–Trinajstić information content (AvgIpc) is 3.22. The number of carboxylic acids is 2. The van der Waals surface area contributed by atoms with Crippen molar-refractivity contribution in [3.05, 3.63) is 44.9 Å². The Morgan fingerprint density at radius 3 is 2.43 bits per heavy atom. The number of methoxy groups -OCH3 is 1. The van der Waals surface area contributed by atoms with Crippen LogP contribution in [0.25, 0.3) is 0 Å². The van der Waals surface area contributed by atoms with Crippen molar-refractivity contribution in [2.45, 2.75) is 82.0 Å². The number of primary amides is 1. The number of nitrogens with two attached hydrogens (primary N) is 1. The summed E-state index contributed by atoms with van der Waals surface area (Å²) in [5.74, 6) is -9.36. The van der Waals surface area contributed by atoms with Gasteiger partial charge in [-0.1, -0.05) is 0 Å². The number of aromatic amines is 1. The molecule has 9 atom stereocenters. The first-order valence-electron chi connectivity index (χ1n) is 15.2. The number of carbonyl (C=O) groups excluding carboxylic acids is 4. The zero-order valence-corrected chi connectivity index (χ0v) is 26.4. The topological polar surface area (TPSA) is 294 Å². The maximum absolute atomic E-state index is 13.4. The maximum Gasteiger partial charge on any atom is 0.330 e. The molecule has 49 heavy (non-hydrogen) atoms. The van der Waals surface area contributed by atoms with E-state index in [0.29, 0.717) is 25.8 Å². The van der Waals surface area contributed by atoms with Crippen LogP contribution in [0.3, 0.4) is 0 Å². The second-order valence-corrected chi connectivity index (χ2v) is 11.6. The number of aromatic nitrogens is 2. The predicted octanol–water partition coefficient (Wildman–Crippen LogP) is -2.54. The maximum atomic E-state index is 13.4. The van der Waals surface area contributed by atoms with Crippen molar-refractivity contribution >= 4 is 35.6 Å². The fourth-order valence-electron chi connectivity index (χ4n) is 5.98. The molecule has 3 aliphatic rings. The Bertz CT molecular complexity index is 1600. The smallest absolute Gasteiger partial charge is 0.330 e. The highest BCUT2D eigenvalue weighted by molar-refractivity contribution is 5.95. The molecule has 0 bridgehead atoms. The van der Waals surface area contributed by atoms with Crippen molar-refractivity contribution < 1.29 is 62.7 Å². The summed E-state index contributed by atoms with van der Waals surface area (Å²) in [5.41, 5.74) is 4.03. The van der Waals surface area contributed by atoms with Crippen LogP contribution in [0.5, 0.6) is 0 Å². The molecule has 20 nitrogen and oxygen atoms in total. The number of amides is 3. The first-order valence-corrected chi connectivity index (χ1v) is 15.2. The molecule has 1 aromatic heterocycles. The second kappa shape index (κ2) is 15.9. The van der Waals surface area contributed by atoms with Crippen LogP contribution in [-0.4, -0.2) is 106 Å². The van der Waals surface area contributed by atoms with Gasteiger partial charge in [-0.05, 0) is 25.3 Å². The van der Waals surface area contributed by atoms with Crippen LogP contribution < -0.4 is 27.6 Å². The molecular weight excluding hydrogens is 658 g/mol. The van der Waals surface area contributed by atoms with Crippen molar-refractivity contribution in [2.75, 3.05) is 13.7 Å². The minimum atomic E-state index is -1.97. The Kier molecular flexibility index (Phi) is 11.9. The van der Waals surface area contributed by atoms with Crippen molar-refractivity contribution in [1.29, 1.82) is 0 Å². The Hall–Kier alpha value is -5.08. The number of ether oxygens (including phenoxy) is 5. The number of H-pyrrole nitrogens is 1. The molecule has 3 aliphatic heterocycles. The fourth-order valence-corrected chi connectivity index (χ4v) is 5.98. The summed E-state index contributed by atoms with van der Waals surface area (Å²) in [7, 11) is 1.19. The molecule has 2 saturated heterocycles. The van der Waals surface area contributed by atoms with E-state index in [0.717, 1.165) is 29.8 Å². The number of allylic oxidation sites excluding steroid dienone is 1. The van der Waals surface area contributed by atoms with Gasteiger partial charge in [-0.15, -0.1) is 0 Å². The quantitative estimate of drug-likeness (QED) is 0.116. The summed E-state index contributed by atoms with van der Waals surface area (Å²) < 4.78 is 29.4. The van der Waals surface area contributed by atoms with Crippen LogP contribution in [0.4, 0.5) is 0 Å². The van der Waals surface area contributed by atoms with E-state index in [1.807, 2.05) is 4.98 Å². The molecule has 20 heteroatoms. The number of nitrogens with one attached hydrogen (secondary N) is 3. The summed E-state index contributed by atoms with van der Waals surface area (Å²) in [5, 5.41) is 24.5. The van der Waals surface area contributed by atoms with Crippen LogP contribution in [-0.2, 0) is 52.5 Å². The summed E-state index contributed by atoms with van der Waals surface area (Å²) in [4.78, 5) is 101. The molecule has 0 saturated carbocycles. The number of aliphatic carboxylic acids is 2. The summed E-state index contributed by atoms with van der Waals surface area (Å²) >= 11 is 0. The predicted molar refractivity (Wildman–Crippen MR) is 159 cm³/mol. The monoisotopic (exact) mass is 695 g/mol. The van der Waals surface area contributed by atoms with Gasteiger partial charge in [0.25, 0.3) is 11.5 Å². The van der Waals surface area contributed by atoms with Gasteiger partial charge in [0.05, 0.1) is 12.8 Å². The highest BCUT2D eigenvalue weighted by Crippen LogP contribution is 2.39. The van der Waals surface area contributed by atoms with Gasteiger partial charge in [0.15, 0.2) is 24.2 Å². The molecule has 3 amide bonds. The molecule has 4 rings (SSSR count). The number of carbonyl (C=O) groups is 6. The van der Waals surface area contributed by atoms with E-state index in [1.54, 1.807) is 0 Å². The SMILES string of the molecule is COC1C(OC(C)=O)[C@@H](C(O[C@H]2OC(C(=O)N[C@H]3CCCCNC3=O)=C[C@H](CC(=O)O)[C@@H]2CC(=O)O)C(N)=O)O[C@H]1n1ccc(=O)[nH]c1=O. The molecule has 268 valence electrons. The van der Waals surface area contributed by atoms with Crippen molar-refractivity contribution in [1.82, 2.24) is 20.2 Å². The van der Waals surface area contributed by atoms with E-state index >= 15 is 0 Å². The van der Waals surface area contributed by atoms with E-state index in [4.69, 9.17) is 29.4 Å². The fraction of sp³-hybridized carbons (Fsp3) is 0.586. The zero-order chi connectivity index (χ0) is 36.0. The van der Waals surface area contributed by atoms with Gasteiger partial charge in [0.1, 0.15) is 18.2 Å². The third-order valence-electron chi connectivity index (χ3n) is 8.18. The number of carboxylic acid groups (broad SMARTS) is 2. The van der Waals surface area contributed by atoms with Gasteiger partial charge >= 0.3 is 23.6 Å². The summed E-state index contributed by atoms with van der Waals surface area (Å²) in [6, 6.07) is 0.0443. The number of rotatable bonds is 13. The number of nitrogens with zero attached hydrogens (tertiary/aromatic N) is 1. The third-order valence-corrected chi connectivity index (χ3v) is 8.18. The first-order chi connectivity index (χ1) is 23.2. The summed E-state index contributed by atoms with van der Waals surface area (Å²) in [6.45, 7) is 1.45. The standard InChI is InChI=1S/C29H37N5O15/c1-12(35)46-21-20(48-27(23(21)45-2)34-8-6-17(36)33-29(34)44)22(24(30)41)49-28-14(11-19(39)40)13(10-18(37)38)9-16(47-28)26(43)32-15-5-3-4-7-31-25(15)42/h6,8-9,13-15,20-23,27-28H,3-5,7,10-11H2,1-2H3,(H2,30,41)(H,31,42)(H,32,43)(H,37,38)(H,39,40)(H,33,36,44)/t13-,14+,15+,20+,21?,22?,23?,27-,28-/m1/s1. The Morgan fingerprint density at radius 2 is 1.82 bits per heavy atom. The van der Waals surface area contributed by atoms with Gasteiger partial charge < -0.3 is 50.3 Å². The zero-order valence-electron chi connectivity index (χ0n) is 26.4. The summed E-state index contributed by atoms with van der Waals surface area (Å²) in [6.07, 6.45) is -7.43. The van der Waals surface area contributed by atoms with Crippen LogP contribution in [0.1, 0.15) is 45.3 Å². The van der Waals surface area contributed by atoms with Gasteiger partial charge in [0.2, 0.25) is 18.1 Å².